The van der Waals surface area contributed by atoms with Gasteiger partial charge in [0.15, 0.2) is 0 Å². The van der Waals surface area contributed by atoms with Crippen molar-refractivity contribution in [2.75, 3.05) is 33.2 Å². The van der Waals surface area contributed by atoms with E-state index in [0.717, 1.165) is 24.0 Å². The van der Waals surface area contributed by atoms with E-state index < -0.39 is 0 Å². The van der Waals surface area contributed by atoms with Crippen LogP contribution in [-0.2, 0) is 0 Å². The lowest BCUT2D eigenvalue weighted by atomic mass is 9.77. The Balaban J connectivity index is 1.52. The molecular weight excluding hydrogens is 222 g/mol. The molecule has 3 aliphatic rings. The molecule has 2 aliphatic carbocycles. The highest BCUT2D eigenvalue weighted by molar-refractivity contribution is 4.94. The average Bonchev–Trinajstić information content (AvgIpc) is 3.09. The second-order valence-electron chi connectivity index (χ2n) is 6.79. The van der Waals surface area contributed by atoms with Crippen LogP contribution in [0.3, 0.4) is 0 Å². The van der Waals surface area contributed by atoms with Crippen molar-refractivity contribution in [2.45, 2.75) is 57.2 Å². The highest BCUT2D eigenvalue weighted by Gasteiger charge is 2.38. The first-order valence-corrected chi connectivity index (χ1v) is 7.91. The number of rotatable bonds is 4. The Kier molecular flexibility index (Phi) is 3.92. The number of hydrogen-bond acceptors (Lipinski definition) is 3. The fraction of sp³-hybridized carbons (Fsp3) is 1.00. The largest absolute Gasteiger partial charge is 0.314 e. The summed E-state index contributed by atoms with van der Waals surface area (Å²) in [6.45, 7) is 7.54. The molecule has 3 heteroatoms. The van der Waals surface area contributed by atoms with Crippen LogP contribution in [0.2, 0.25) is 0 Å². The smallest absolute Gasteiger partial charge is 0.0197 e. The zero-order valence-corrected chi connectivity index (χ0v) is 12.1. The molecule has 0 spiro atoms. The SMILES string of the molecule is CC1CN(C)CCCN1C1CCC1CNC1CC1. The second-order valence-corrected chi connectivity index (χ2v) is 6.79. The fourth-order valence-electron chi connectivity index (χ4n) is 3.72. The van der Waals surface area contributed by atoms with Crippen molar-refractivity contribution >= 4 is 0 Å². The lowest BCUT2D eigenvalue weighted by Crippen LogP contribution is -2.54. The highest BCUT2D eigenvalue weighted by Crippen LogP contribution is 2.34. The van der Waals surface area contributed by atoms with E-state index in [0.29, 0.717) is 0 Å². The van der Waals surface area contributed by atoms with Gasteiger partial charge in [-0.25, -0.2) is 0 Å². The third-order valence-corrected chi connectivity index (χ3v) is 5.15. The molecule has 3 rings (SSSR count). The van der Waals surface area contributed by atoms with Gasteiger partial charge < -0.3 is 10.2 Å². The quantitative estimate of drug-likeness (QED) is 0.818. The molecule has 104 valence electrons. The van der Waals surface area contributed by atoms with Crippen molar-refractivity contribution in [2.24, 2.45) is 5.92 Å². The third-order valence-electron chi connectivity index (χ3n) is 5.15. The maximum Gasteiger partial charge on any atom is 0.0197 e. The maximum atomic E-state index is 3.73. The van der Waals surface area contributed by atoms with Crippen molar-refractivity contribution in [1.82, 2.24) is 15.1 Å². The Morgan fingerprint density at radius 1 is 1.11 bits per heavy atom. The lowest BCUT2D eigenvalue weighted by molar-refractivity contribution is 0.0345. The molecule has 18 heavy (non-hydrogen) atoms. The number of nitrogens with zero attached hydrogens (tertiary/aromatic N) is 2. The first-order valence-electron chi connectivity index (χ1n) is 7.91. The van der Waals surface area contributed by atoms with Crippen molar-refractivity contribution in [3.05, 3.63) is 0 Å². The summed E-state index contributed by atoms with van der Waals surface area (Å²) in [5.41, 5.74) is 0. The summed E-state index contributed by atoms with van der Waals surface area (Å²) in [7, 11) is 2.27. The van der Waals surface area contributed by atoms with Gasteiger partial charge in [-0.2, -0.15) is 0 Å². The zero-order valence-electron chi connectivity index (χ0n) is 12.1. The van der Waals surface area contributed by atoms with Gasteiger partial charge in [0.1, 0.15) is 0 Å². The van der Waals surface area contributed by atoms with Gasteiger partial charge in [-0.05, 0) is 71.6 Å². The van der Waals surface area contributed by atoms with E-state index in [2.05, 4.69) is 29.1 Å². The monoisotopic (exact) mass is 251 g/mol. The molecule has 1 aliphatic heterocycles. The van der Waals surface area contributed by atoms with Crippen LogP contribution in [0.15, 0.2) is 0 Å². The molecule has 0 bridgehead atoms. The van der Waals surface area contributed by atoms with Gasteiger partial charge in [0.05, 0.1) is 0 Å². The van der Waals surface area contributed by atoms with Gasteiger partial charge in [-0.3, -0.25) is 4.90 Å². The summed E-state index contributed by atoms with van der Waals surface area (Å²) in [4.78, 5) is 5.31. The van der Waals surface area contributed by atoms with Crippen LogP contribution in [0.4, 0.5) is 0 Å². The van der Waals surface area contributed by atoms with Gasteiger partial charge in [0.2, 0.25) is 0 Å². The van der Waals surface area contributed by atoms with Crippen molar-refractivity contribution in [1.29, 1.82) is 0 Å². The second kappa shape index (κ2) is 5.48. The summed E-state index contributed by atoms with van der Waals surface area (Å²) in [5, 5.41) is 3.73. The van der Waals surface area contributed by atoms with Gasteiger partial charge in [0.25, 0.3) is 0 Å². The predicted octanol–water partition coefficient (Wildman–Crippen LogP) is 1.54. The molecule has 3 unspecified atom stereocenters. The molecule has 0 aromatic carbocycles. The molecule has 3 fully saturated rings. The van der Waals surface area contributed by atoms with Crippen molar-refractivity contribution in [3.63, 3.8) is 0 Å². The minimum Gasteiger partial charge on any atom is -0.314 e. The van der Waals surface area contributed by atoms with Crippen LogP contribution in [0, 0.1) is 5.92 Å². The van der Waals surface area contributed by atoms with Crippen LogP contribution in [-0.4, -0.2) is 61.2 Å². The standard InChI is InChI=1S/C15H29N3/c1-12-11-17(2)8-3-9-18(12)15-7-4-13(15)10-16-14-5-6-14/h12-16H,3-11H2,1-2H3. The Hall–Kier alpha value is -0.120. The van der Waals surface area contributed by atoms with E-state index in [1.54, 1.807) is 0 Å². The van der Waals surface area contributed by atoms with Crippen LogP contribution >= 0.6 is 0 Å². The number of nitrogens with one attached hydrogen (secondary N) is 1. The minimum absolute atomic E-state index is 0.742. The molecule has 3 nitrogen and oxygen atoms in total. The van der Waals surface area contributed by atoms with E-state index in [9.17, 15) is 0 Å². The molecule has 0 radical (unpaired) electrons. The van der Waals surface area contributed by atoms with Crippen molar-refractivity contribution in [3.8, 4) is 0 Å². The van der Waals surface area contributed by atoms with E-state index in [1.807, 2.05) is 0 Å². The van der Waals surface area contributed by atoms with Gasteiger partial charge >= 0.3 is 0 Å². The van der Waals surface area contributed by atoms with Crippen LogP contribution in [0.1, 0.15) is 39.0 Å². The molecule has 0 amide bonds. The Morgan fingerprint density at radius 2 is 1.94 bits per heavy atom. The predicted molar refractivity (Wildman–Crippen MR) is 75.8 cm³/mol. The normalized spacial score (nSPS) is 39.3. The van der Waals surface area contributed by atoms with Gasteiger partial charge in [-0.15, -0.1) is 0 Å². The third kappa shape index (κ3) is 2.89. The Morgan fingerprint density at radius 3 is 2.61 bits per heavy atom. The zero-order chi connectivity index (χ0) is 12.5. The number of likely N-dealkylation sites (N-methyl/N-ethyl adjacent to an activating group) is 1. The molecule has 0 aromatic heterocycles. The van der Waals surface area contributed by atoms with E-state index in [4.69, 9.17) is 0 Å². The molecular formula is C15H29N3. The molecule has 2 saturated carbocycles. The molecule has 3 atom stereocenters. The Bertz CT molecular complexity index is 277. The summed E-state index contributed by atoms with van der Waals surface area (Å²) in [6.07, 6.45) is 7.07. The van der Waals surface area contributed by atoms with Crippen LogP contribution < -0.4 is 5.32 Å². The first kappa shape index (κ1) is 12.9. The molecule has 0 aromatic rings. The molecule has 1 saturated heterocycles. The topological polar surface area (TPSA) is 18.5 Å². The fourth-order valence-corrected chi connectivity index (χ4v) is 3.72. The minimum atomic E-state index is 0.742. The highest BCUT2D eigenvalue weighted by atomic mass is 15.3. The van der Waals surface area contributed by atoms with Crippen LogP contribution in [0.5, 0.6) is 0 Å². The van der Waals surface area contributed by atoms with E-state index in [1.165, 1.54) is 58.3 Å². The average molecular weight is 251 g/mol. The van der Waals surface area contributed by atoms with Crippen LogP contribution in [0.25, 0.3) is 0 Å². The van der Waals surface area contributed by atoms with E-state index >= 15 is 0 Å². The first-order chi connectivity index (χ1) is 8.74. The molecule has 1 N–H and O–H groups in total. The van der Waals surface area contributed by atoms with Gasteiger partial charge in [-0.1, -0.05) is 0 Å². The van der Waals surface area contributed by atoms with Crippen molar-refractivity contribution < 1.29 is 0 Å². The van der Waals surface area contributed by atoms with Gasteiger partial charge in [0, 0.05) is 24.7 Å². The maximum absolute atomic E-state index is 3.73. The Labute approximate surface area is 112 Å². The summed E-state index contributed by atoms with van der Waals surface area (Å²) in [6, 6.07) is 2.49. The number of hydrogen-bond donors (Lipinski definition) is 1. The lowest BCUT2D eigenvalue weighted by Gasteiger charge is -2.47. The summed E-state index contributed by atoms with van der Waals surface area (Å²) in [5.74, 6) is 0.927. The summed E-state index contributed by atoms with van der Waals surface area (Å²) < 4.78 is 0. The molecule has 1 heterocycles. The van der Waals surface area contributed by atoms with E-state index in [-0.39, 0.29) is 0 Å². The summed E-state index contributed by atoms with van der Waals surface area (Å²) >= 11 is 0.